The number of hydrogen-bond donors (Lipinski definition) is 1. The molecule has 16 heteroatoms. The molecule has 170 valence electrons. The molecule has 0 aliphatic rings. The molecule has 0 bridgehead atoms. The van der Waals surface area contributed by atoms with Crippen molar-refractivity contribution in [1.29, 1.82) is 0 Å². The van der Waals surface area contributed by atoms with Crippen molar-refractivity contribution in [2.45, 2.75) is 29.7 Å². The van der Waals surface area contributed by atoms with Crippen molar-refractivity contribution in [2.75, 3.05) is 5.75 Å². The summed E-state index contributed by atoms with van der Waals surface area (Å²) in [4.78, 5) is 8.95. The van der Waals surface area contributed by atoms with Gasteiger partial charge in [0.25, 0.3) is 0 Å². The molecule has 0 radical (unpaired) electrons. The minimum atomic E-state index is -5.51. The summed E-state index contributed by atoms with van der Waals surface area (Å²) in [6.07, 6.45) is -18.8. The van der Waals surface area contributed by atoms with Gasteiger partial charge in [-0.3, -0.25) is 5.73 Å². The predicted molar refractivity (Wildman–Crippen MR) is 77.8 cm³/mol. The monoisotopic (exact) mass is 477 g/mol. The molecule has 0 spiro atoms. The van der Waals surface area contributed by atoms with Gasteiger partial charge in [0.05, 0.1) is 16.0 Å². The van der Waals surface area contributed by atoms with Crippen LogP contribution in [-0.2, 0) is 31.7 Å². The van der Waals surface area contributed by atoms with E-state index in [-0.39, 0.29) is 24.3 Å². The van der Waals surface area contributed by atoms with Crippen molar-refractivity contribution in [3.05, 3.63) is 41.2 Å². The Morgan fingerprint density at radius 1 is 0.967 bits per heavy atom. The van der Waals surface area contributed by atoms with Crippen LogP contribution >= 0.6 is 0 Å². The standard InChI is InChI=1S/C14H9F10NO4S/c15-8(4-10(25)29-11(26)14(22,23)24)5-30(27,28)9-2-6(12(16,17)18)1-7(3-9)13(19,20)21/h1-4,10H,5,25H2/b8-4-. The smallest absolute Gasteiger partial charge is 0.436 e. The molecule has 0 aliphatic carbocycles. The molecule has 1 aromatic rings. The van der Waals surface area contributed by atoms with E-state index in [2.05, 4.69) is 4.74 Å². The van der Waals surface area contributed by atoms with Gasteiger partial charge in [-0.2, -0.15) is 39.5 Å². The summed E-state index contributed by atoms with van der Waals surface area (Å²) in [6, 6.07) is -0.722. The third kappa shape index (κ3) is 7.16. The molecule has 0 aromatic heterocycles. The van der Waals surface area contributed by atoms with Crippen LogP contribution in [0.1, 0.15) is 11.1 Å². The van der Waals surface area contributed by atoms with Gasteiger partial charge in [-0.05, 0) is 18.2 Å². The average Bonchev–Trinajstić information content (AvgIpc) is 2.50. The van der Waals surface area contributed by atoms with Crippen molar-refractivity contribution in [3.63, 3.8) is 0 Å². The maximum absolute atomic E-state index is 13.7. The van der Waals surface area contributed by atoms with Crippen molar-refractivity contribution in [2.24, 2.45) is 5.73 Å². The fourth-order valence-electron chi connectivity index (χ4n) is 1.82. The fourth-order valence-corrected chi connectivity index (χ4v) is 3.06. The van der Waals surface area contributed by atoms with Crippen molar-refractivity contribution in [1.82, 2.24) is 0 Å². The summed E-state index contributed by atoms with van der Waals surface area (Å²) < 4.78 is 154. The summed E-state index contributed by atoms with van der Waals surface area (Å²) in [6.45, 7) is 0. The zero-order valence-corrected chi connectivity index (χ0v) is 14.8. The lowest BCUT2D eigenvalue weighted by Gasteiger charge is -2.14. The number of carbonyl (C=O) groups is 1. The number of nitrogens with two attached hydrogens (primary N) is 1. The quantitative estimate of drug-likeness (QED) is 0.397. The van der Waals surface area contributed by atoms with Crippen molar-refractivity contribution >= 4 is 15.8 Å². The molecule has 1 rings (SSSR count). The number of benzene rings is 1. The Hall–Kier alpha value is -2.36. The van der Waals surface area contributed by atoms with E-state index in [1.165, 1.54) is 0 Å². The topological polar surface area (TPSA) is 86.5 Å². The third-order valence-electron chi connectivity index (χ3n) is 3.07. The summed E-state index contributed by atoms with van der Waals surface area (Å²) >= 11 is 0. The molecule has 5 nitrogen and oxygen atoms in total. The number of sulfone groups is 1. The Bertz CT molecular complexity index is 899. The normalized spacial score (nSPS) is 15.1. The highest BCUT2D eigenvalue weighted by molar-refractivity contribution is 7.91. The first-order chi connectivity index (χ1) is 13.2. The van der Waals surface area contributed by atoms with Crippen LogP contribution in [0.5, 0.6) is 0 Å². The molecule has 0 amide bonds. The molecule has 1 unspecified atom stereocenters. The Labute approximate surface area is 161 Å². The van der Waals surface area contributed by atoms with Gasteiger partial charge >= 0.3 is 24.5 Å². The Kier molecular flexibility index (Phi) is 7.20. The minimum absolute atomic E-state index is 0.126. The average molecular weight is 477 g/mol. The van der Waals surface area contributed by atoms with Crippen LogP contribution < -0.4 is 5.73 Å². The molecule has 0 heterocycles. The first kappa shape index (κ1) is 25.7. The molecular formula is C14H9F10NO4S. The van der Waals surface area contributed by atoms with Crippen LogP contribution in [0.3, 0.4) is 0 Å². The van der Waals surface area contributed by atoms with E-state index in [1.807, 2.05) is 0 Å². The van der Waals surface area contributed by atoms with Gasteiger partial charge in [0, 0.05) is 6.08 Å². The van der Waals surface area contributed by atoms with E-state index in [1.54, 1.807) is 0 Å². The number of halogens is 10. The molecule has 0 aliphatic heterocycles. The highest BCUT2D eigenvalue weighted by Crippen LogP contribution is 2.37. The van der Waals surface area contributed by atoms with E-state index in [9.17, 15) is 57.1 Å². The SMILES string of the molecule is NC(/C=C(\F)CS(=O)(=O)c1cc(C(F)(F)F)cc(C(F)(F)F)c1)OC(=O)C(F)(F)F. The van der Waals surface area contributed by atoms with Gasteiger partial charge in [-0.25, -0.2) is 17.6 Å². The second-order valence-corrected chi connectivity index (χ2v) is 7.47. The fraction of sp³-hybridized carbons (Fsp3) is 0.357. The van der Waals surface area contributed by atoms with Crippen LogP contribution in [0, 0.1) is 0 Å². The van der Waals surface area contributed by atoms with Crippen molar-refractivity contribution in [3.8, 4) is 0 Å². The molecule has 0 saturated heterocycles. The third-order valence-corrected chi connectivity index (χ3v) is 4.68. The second-order valence-electron chi connectivity index (χ2n) is 5.48. The summed E-state index contributed by atoms with van der Waals surface area (Å²) in [7, 11) is -5.19. The van der Waals surface area contributed by atoms with Gasteiger partial charge in [0.1, 0.15) is 11.6 Å². The molecule has 1 atom stereocenters. The zero-order valence-electron chi connectivity index (χ0n) is 14.0. The van der Waals surface area contributed by atoms with Crippen LogP contribution in [0.2, 0.25) is 0 Å². The molecule has 0 saturated carbocycles. The Balaban J connectivity index is 3.24. The van der Waals surface area contributed by atoms with Crippen LogP contribution in [0.15, 0.2) is 35.0 Å². The highest BCUT2D eigenvalue weighted by Gasteiger charge is 2.42. The largest absolute Gasteiger partial charge is 0.490 e. The van der Waals surface area contributed by atoms with E-state index >= 15 is 0 Å². The second kappa shape index (κ2) is 8.41. The summed E-state index contributed by atoms with van der Waals surface area (Å²) in [5.74, 6) is -6.62. The summed E-state index contributed by atoms with van der Waals surface area (Å²) in [5.41, 5.74) is 0.861. The lowest BCUT2D eigenvalue weighted by Crippen LogP contribution is -2.33. The number of alkyl halides is 9. The number of esters is 1. The summed E-state index contributed by atoms with van der Waals surface area (Å²) in [5, 5.41) is 0. The van der Waals surface area contributed by atoms with Gasteiger partial charge in [0.15, 0.2) is 16.1 Å². The van der Waals surface area contributed by atoms with Gasteiger partial charge < -0.3 is 4.74 Å². The lowest BCUT2D eigenvalue weighted by atomic mass is 10.1. The molecule has 0 fully saturated rings. The first-order valence-electron chi connectivity index (χ1n) is 7.15. The van der Waals surface area contributed by atoms with Crippen LogP contribution in [0.25, 0.3) is 0 Å². The van der Waals surface area contributed by atoms with E-state index < -0.39 is 68.2 Å². The van der Waals surface area contributed by atoms with E-state index in [0.29, 0.717) is 0 Å². The number of carbonyl (C=O) groups excluding carboxylic acids is 1. The maximum atomic E-state index is 13.7. The van der Waals surface area contributed by atoms with Crippen LogP contribution in [0.4, 0.5) is 43.9 Å². The van der Waals surface area contributed by atoms with Crippen molar-refractivity contribution < 1.29 is 61.9 Å². The minimum Gasteiger partial charge on any atom is -0.436 e. The van der Waals surface area contributed by atoms with Crippen LogP contribution in [-0.4, -0.2) is 32.5 Å². The predicted octanol–water partition coefficient (Wildman–Crippen LogP) is 3.74. The van der Waals surface area contributed by atoms with Gasteiger partial charge in [-0.15, -0.1) is 0 Å². The number of rotatable bonds is 5. The number of hydrogen-bond acceptors (Lipinski definition) is 5. The Morgan fingerprint density at radius 2 is 1.40 bits per heavy atom. The molecule has 30 heavy (non-hydrogen) atoms. The molecule has 1 aromatic carbocycles. The number of ether oxygens (including phenoxy) is 1. The highest BCUT2D eigenvalue weighted by atomic mass is 32.2. The van der Waals surface area contributed by atoms with Gasteiger partial charge in [0.2, 0.25) is 0 Å². The Morgan fingerprint density at radius 3 is 1.77 bits per heavy atom. The van der Waals surface area contributed by atoms with Gasteiger partial charge in [-0.1, -0.05) is 0 Å². The lowest BCUT2D eigenvalue weighted by molar-refractivity contribution is -0.202. The zero-order chi connectivity index (χ0) is 23.7. The maximum Gasteiger partial charge on any atom is 0.490 e. The van der Waals surface area contributed by atoms with E-state index in [4.69, 9.17) is 5.73 Å². The van der Waals surface area contributed by atoms with E-state index in [0.717, 1.165) is 0 Å². The first-order valence-corrected chi connectivity index (χ1v) is 8.80. The molecule has 2 N–H and O–H groups in total. The molecular weight excluding hydrogens is 468 g/mol.